The molecule has 12 heteroatoms. The van der Waals surface area contributed by atoms with E-state index < -0.39 is 17.8 Å². The summed E-state index contributed by atoms with van der Waals surface area (Å²) in [7, 11) is 1.57. The molecule has 182 valence electrons. The van der Waals surface area contributed by atoms with Crippen molar-refractivity contribution >= 4 is 51.0 Å². The van der Waals surface area contributed by atoms with E-state index in [0.29, 0.717) is 40.3 Å². The first-order valence-corrected chi connectivity index (χ1v) is 11.3. The number of halogens is 1. The molecule has 0 spiro atoms. The Labute approximate surface area is 210 Å². The van der Waals surface area contributed by atoms with Crippen LogP contribution < -0.4 is 25.6 Å². The van der Waals surface area contributed by atoms with Crippen LogP contribution in [0.15, 0.2) is 46.9 Å². The largest absolute Gasteiger partial charge is 0.490 e. The molecule has 2 rings (SSSR count). The van der Waals surface area contributed by atoms with Crippen molar-refractivity contribution in [2.24, 2.45) is 0 Å². The van der Waals surface area contributed by atoms with Crippen LogP contribution in [0.2, 0.25) is 0 Å². The molecule has 0 unspecified atom stereocenters. The SMILES string of the molecule is CCOC(=O)c1ccc(OCC(=O)NNC(=S)NC(=O)c2ccc(OCCOC)c(Br)c2)cc1. The Morgan fingerprint density at radius 2 is 1.68 bits per heavy atom. The molecule has 2 aromatic carbocycles. The highest BCUT2D eigenvalue weighted by molar-refractivity contribution is 9.10. The maximum absolute atomic E-state index is 12.4. The minimum absolute atomic E-state index is 0.103. The molecule has 0 radical (unpaired) electrons. The average Bonchev–Trinajstić information content (AvgIpc) is 2.83. The summed E-state index contributed by atoms with van der Waals surface area (Å²) >= 11 is 8.37. The van der Waals surface area contributed by atoms with Crippen LogP contribution in [-0.4, -0.2) is 56.4 Å². The molecular weight excluding hydrogens is 530 g/mol. The van der Waals surface area contributed by atoms with Gasteiger partial charge in [0.1, 0.15) is 18.1 Å². The number of hydrogen-bond acceptors (Lipinski definition) is 8. The second kappa shape index (κ2) is 14.1. The van der Waals surface area contributed by atoms with Crippen molar-refractivity contribution in [2.75, 3.05) is 33.5 Å². The standard InChI is InChI=1S/C22H24BrN3O7S/c1-3-31-21(29)14-4-7-16(8-5-14)33-13-19(27)25-26-22(34)24-20(28)15-6-9-18(17(23)12-15)32-11-10-30-2/h4-9,12H,3,10-11,13H2,1-2H3,(H,25,27)(H2,24,26,28,34). The first-order chi connectivity index (χ1) is 16.3. The summed E-state index contributed by atoms with van der Waals surface area (Å²) in [5.41, 5.74) is 5.45. The molecule has 0 atom stereocenters. The van der Waals surface area contributed by atoms with E-state index in [0.717, 1.165) is 0 Å². The van der Waals surface area contributed by atoms with Gasteiger partial charge in [-0.3, -0.25) is 25.8 Å². The number of esters is 1. The summed E-state index contributed by atoms with van der Waals surface area (Å²) < 4.78 is 21.3. The summed E-state index contributed by atoms with van der Waals surface area (Å²) in [5, 5.41) is 2.35. The maximum Gasteiger partial charge on any atom is 0.338 e. The molecule has 0 aromatic heterocycles. The molecule has 0 saturated carbocycles. The smallest absolute Gasteiger partial charge is 0.338 e. The number of benzene rings is 2. The molecule has 2 aromatic rings. The van der Waals surface area contributed by atoms with Crippen molar-refractivity contribution in [1.82, 2.24) is 16.2 Å². The van der Waals surface area contributed by atoms with Gasteiger partial charge in [0.25, 0.3) is 11.8 Å². The van der Waals surface area contributed by atoms with Crippen molar-refractivity contribution < 1.29 is 33.3 Å². The van der Waals surface area contributed by atoms with Crippen LogP contribution in [0.3, 0.4) is 0 Å². The Hall–Kier alpha value is -3.22. The molecule has 0 saturated heterocycles. The summed E-state index contributed by atoms with van der Waals surface area (Å²) in [6, 6.07) is 11.0. The van der Waals surface area contributed by atoms with E-state index in [4.69, 9.17) is 31.2 Å². The zero-order valence-corrected chi connectivity index (χ0v) is 20.9. The van der Waals surface area contributed by atoms with E-state index in [1.165, 1.54) is 12.1 Å². The first kappa shape index (κ1) is 27.0. The van der Waals surface area contributed by atoms with Crippen molar-refractivity contribution in [2.45, 2.75) is 6.92 Å². The summed E-state index contributed by atoms with van der Waals surface area (Å²) in [5.74, 6) is -0.498. The predicted molar refractivity (Wildman–Crippen MR) is 131 cm³/mol. The lowest BCUT2D eigenvalue weighted by Gasteiger charge is -2.12. The number of hydrazine groups is 1. The number of carbonyl (C=O) groups excluding carboxylic acids is 3. The van der Waals surface area contributed by atoms with Gasteiger partial charge in [-0.2, -0.15) is 0 Å². The Morgan fingerprint density at radius 3 is 2.32 bits per heavy atom. The van der Waals surface area contributed by atoms with Gasteiger partial charge in [0.2, 0.25) is 0 Å². The van der Waals surface area contributed by atoms with Crippen LogP contribution >= 0.6 is 28.1 Å². The number of rotatable bonds is 10. The zero-order chi connectivity index (χ0) is 24.9. The monoisotopic (exact) mass is 553 g/mol. The normalized spacial score (nSPS) is 10.1. The van der Waals surface area contributed by atoms with E-state index in [9.17, 15) is 14.4 Å². The van der Waals surface area contributed by atoms with Gasteiger partial charge >= 0.3 is 5.97 Å². The van der Waals surface area contributed by atoms with Gasteiger partial charge in [0.05, 0.1) is 23.2 Å². The fourth-order valence-electron chi connectivity index (χ4n) is 2.41. The van der Waals surface area contributed by atoms with E-state index in [2.05, 4.69) is 32.1 Å². The van der Waals surface area contributed by atoms with Crippen LogP contribution in [0.4, 0.5) is 0 Å². The topological polar surface area (TPSA) is 124 Å². The van der Waals surface area contributed by atoms with Gasteiger partial charge in [-0.25, -0.2) is 4.79 Å². The van der Waals surface area contributed by atoms with Gasteiger partial charge in [-0.15, -0.1) is 0 Å². The third-order valence-corrected chi connectivity index (χ3v) is 4.84. The molecule has 34 heavy (non-hydrogen) atoms. The van der Waals surface area contributed by atoms with Gasteiger partial charge in [0.15, 0.2) is 11.7 Å². The second-order valence-electron chi connectivity index (χ2n) is 6.48. The highest BCUT2D eigenvalue weighted by Gasteiger charge is 2.12. The van der Waals surface area contributed by atoms with Crippen molar-refractivity contribution in [3.05, 3.63) is 58.1 Å². The Balaban J connectivity index is 1.74. The van der Waals surface area contributed by atoms with Crippen LogP contribution in [0, 0.1) is 0 Å². The predicted octanol–water partition coefficient (Wildman–Crippen LogP) is 2.37. The number of thiocarbonyl (C=S) groups is 1. The molecule has 0 bridgehead atoms. The lowest BCUT2D eigenvalue weighted by atomic mass is 10.2. The Kier molecular flexibility index (Phi) is 11.2. The minimum Gasteiger partial charge on any atom is -0.490 e. The summed E-state index contributed by atoms with van der Waals surface area (Å²) in [4.78, 5) is 35.9. The lowest BCUT2D eigenvalue weighted by molar-refractivity contribution is -0.123. The number of carbonyl (C=O) groups is 3. The van der Waals surface area contributed by atoms with Gasteiger partial charge in [0, 0.05) is 12.7 Å². The van der Waals surface area contributed by atoms with E-state index in [1.807, 2.05) is 0 Å². The molecule has 0 aliphatic carbocycles. The Morgan fingerprint density at radius 1 is 0.971 bits per heavy atom. The fourth-order valence-corrected chi connectivity index (χ4v) is 3.05. The highest BCUT2D eigenvalue weighted by Crippen LogP contribution is 2.26. The molecular formula is C22H24BrN3O7S. The van der Waals surface area contributed by atoms with E-state index in [-0.39, 0.29) is 18.3 Å². The third-order valence-electron chi connectivity index (χ3n) is 4.02. The van der Waals surface area contributed by atoms with E-state index >= 15 is 0 Å². The zero-order valence-electron chi connectivity index (χ0n) is 18.5. The third kappa shape index (κ3) is 8.96. The van der Waals surface area contributed by atoms with Gasteiger partial charge in [-0.05, 0) is 77.5 Å². The minimum atomic E-state index is -0.536. The second-order valence-corrected chi connectivity index (χ2v) is 7.74. The maximum atomic E-state index is 12.4. The van der Waals surface area contributed by atoms with Gasteiger partial charge < -0.3 is 18.9 Å². The molecule has 0 aliphatic rings. The Bertz CT molecular complexity index is 1020. The van der Waals surface area contributed by atoms with Crippen molar-refractivity contribution in [1.29, 1.82) is 0 Å². The average molecular weight is 554 g/mol. The van der Waals surface area contributed by atoms with Crippen LogP contribution in [0.5, 0.6) is 11.5 Å². The van der Waals surface area contributed by atoms with Crippen LogP contribution in [-0.2, 0) is 14.3 Å². The van der Waals surface area contributed by atoms with Crippen molar-refractivity contribution in [3.63, 3.8) is 0 Å². The van der Waals surface area contributed by atoms with Crippen LogP contribution in [0.25, 0.3) is 0 Å². The molecule has 0 aliphatic heterocycles. The lowest BCUT2D eigenvalue weighted by Crippen LogP contribution is -2.49. The summed E-state index contributed by atoms with van der Waals surface area (Å²) in [6.45, 7) is 2.49. The van der Waals surface area contributed by atoms with Gasteiger partial charge in [-0.1, -0.05) is 0 Å². The number of ether oxygens (including phenoxy) is 4. The number of amides is 2. The van der Waals surface area contributed by atoms with E-state index in [1.54, 1.807) is 44.4 Å². The molecule has 10 nitrogen and oxygen atoms in total. The fraction of sp³-hybridized carbons (Fsp3) is 0.273. The molecule has 0 fully saturated rings. The molecule has 3 N–H and O–H groups in total. The highest BCUT2D eigenvalue weighted by atomic mass is 79.9. The van der Waals surface area contributed by atoms with Crippen LogP contribution in [0.1, 0.15) is 27.6 Å². The van der Waals surface area contributed by atoms with Crippen molar-refractivity contribution in [3.8, 4) is 11.5 Å². The number of nitrogens with one attached hydrogen (secondary N) is 3. The summed E-state index contributed by atoms with van der Waals surface area (Å²) in [6.07, 6.45) is 0. The molecule has 0 heterocycles. The quantitative estimate of drug-likeness (QED) is 0.176. The first-order valence-electron chi connectivity index (χ1n) is 10.1. The molecule has 2 amide bonds. The number of hydrogen-bond donors (Lipinski definition) is 3. The number of methoxy groups -OCH3 is 1.